The molecule has 0 unspecified atom stereocenters. The molecule has 0 aliphatic carbocycles. The Bertz CT molecular complexity index is 330. The van der Waals surface area contributed by atoms with Crippen LogP contribution in [0.15, 0.2) is 12.7 Å². The Morgan fingerprint density at radius 3 is 3.00 bits per heavy atom. The molecule has 0 bridgehead atoms. The molecule has 1 amide bonds. The smallest absolute Gasteiger partial charge is 0.270 e. The Labute approximate surface area is 82.0 Å². The number of nitrogens with one attached hydrogen (secondary N) is 1. The Hall–Kier alpha value is -1.72. The quantitative estimate of drug-likeness (QED) is 0.708. The number of nitrogens with zero attached hydrogens (tertiary/aromatic N) is 4. The van der Waals surface area contributed by atoms with E-state index in [1.54, 1.807) is 19.9 Å². The minimum atomic E-state index is -0.122. The highest BCUT2D eigenvalue weighted by atomic mass is 16.2. The SMILES string of the molecule is C=CCn1nnc(NC(=O)C(C)C)n1. The van der Waals surface area contributed by atoms with E-state index in [2.05, 4.69) is 27.3 Å². The number of hydrogen-bond acceptors (Lipinski definition) is 4. The number of hydrogen-bond donors (Lipinski definition) is 1. The summed E-state index contributed by atoms with van der Waals surface area (Å²) >= 11 is 0. The van der Waals surface area contributed by atoms with E-state index in [-0.39, 0.29) is 17.8 Å². The second-order valence-electron chi connectivity index (χ2n) is 3.10. The van der Waals surface area contributed by atoms with E-state index >= 15 is 0 Å². The van der Waals surface area contributed by atoms with Crippen molar-refractivity contribution in [3.05, 3.63) is 12.7 Å². The molecule has 1 rings (SSSR count). The van der Waals surface area contributed by atoms with Crippen molar-refractivity contribution in [1.82, 2.24) is 20.2 Å². The van der Waals surface area contributed by atoms with Crippen LogP contribution in [0.1, 0.15) is 13.8 Å². The van der Waals surface area contributed by atoms with E-state index < -0.39 is 0 Å². The summed E-state index contributed by atoms with van der Waals surface area (Å²) in [7, 11) is 0. The maximum atomic E-state index is 11.2. The number of allylic oxidation sites excluding steroid dienone is 1. The van der Waals surface area contributed by atoms with Crippen LogP contribution < -0.4 is 5.32 Å². The molecule has 0 aliphatic rings. The zero-order chi connectivity index (χ0) is 10.6. The van der Waals surface area contributed by atoms with Crippen LogP contribution in [0.4, 0.5) is 5.95 Å². The monoisotopic (exact) mass is 195 g/mol. The second-order valence-corrected chi connectivity index (χ2v) is 3.10. The van der Waals surface area contributed by atoms with Crippen molar-refractivity contribution in [1.29, 1.82) is 0 Å². The molecule has 14 heavy (non-hydrogen) atoms. The topological polar surface area (TPSA) is 72.7 Å². The van der Waals surface area contributed by atoms with Crippen LogP contribution in [0.25, 0.3) is 0 Å². The van der Waals surface area contributed by atoms with Gasteiger partial charge in [0.1, 0.15) is 0 Å². The molecule has 1 N–H and O–H groups in total. The van der Waals surface area contributed by atoms with Gasteiger partial charge in [-0.1, -0.05) is 25.0 Å². The van der Waals surface area contributed by atoms with Gasteiger partial charge in [-0.05, 0) is 5.21 Å². The van der Waals surface area contributed by atoms with E-state index in [1.165, 1.54) is 4.80 Å². The summed E-state index contributed by atoms with van der Waals surface area (Å²) in [6, 6.07) is 0. The lowest BCUT2D eigenvalue weighted by Gasteiger charge is -2.01. The van der Waals surface area contributed by atoms with Crippen LogP contribution in [-0.4, -0.2) is 26.1 Å². The number of tetrazole rings is 1. The summed E-state index contributed by atoms with van der Waals surface area (Å²) in [6.07, 6.45) is 1.65. The molecule has 0 saturated heterocycles. The van der Waals surface area contributed by atoms with Gasteiger partial charge in [0.15, 0.2) is 0 Å². The lowest BCUT2D eigenvalue weighted by atomic mass is 10.2. The third-order valence-electron chi connectivity index (χ3n) is 1.50. The van der Waals surface area contributed by atoms with E-state index in [1.807, 2.05) is 0 Å². The van der Waals surface area contributed by atoms with Gasteiger partial charge >= 0.3 is 0 Å². The van der Waals surface area contributed by atoms with E-state index in [0.717, 1.165) is 0 Å². The fraction of sp³-hybridized carbons (Fsp3) is 0.500. The lowest BCUT2D eigenvalue weighted by Crippen LogP contribution is -2.18. The summed E-state index contributed by atoms with van der Waals surface area (Å²) in [5.41, 5.74) is 0. The molecule has 0 atom stereocenters. The van der Waals surface area contributed by atoms with Gasteiger partial charge in [-0.2, -0.15) is 4.80 Å². The largest absolute Gasteiger partial charge is 0.292 e. The van der Waals surface area contributed by atoms with Gasteiger partial charge < -0.3 is 0 Å². The van der Waals surface area contributed by atoms with E-state index in [0.29, 0.717) is 6.54 Å². The summed E-state index contributed by atoms with van der Waals surface area (Å²) in [4.78, 5) is 12.6. The molecule has 76 valence electrons. The first-order valence-corrected chi connectivity index (χ1v) is 4.33. The fourth-order valence-corrected chi connectivity index (χ4v) is 0.741. The van der Waals surface area contributed by atoms with Crippen LogP contribution in [0.3, 0.4) is 0 Å². The molecular formula is C8H13N5O. The van der Waals surface area contributed by atoms with Crippen LogP contribution in [-0.2, 0) is 11.3 Å². The van der Waals surface area contributed by atoms with Crippen molar-refractivity contribution in [2.24, 2.45) is 5.92 Å². The van der Waals surface area contributed by atoms with Crippen LogP contribution in [0.2, 0.25) is 0 Å². The van der Waals surface area contributed by atoms with E-state index in [4.69, 9.17) is 0 Å². The Balaban J connectivity index is 2.59. The normalized spacial score (nSPS) is 10.2. The highest BCUT2D eigenvalue weighted by Crippen LogP contribution is 1.99. The Morgan fingerprint density at radius 2 is 2.43 bits per heavy atom. The zero-order valence-electron chi connectivity index (χ0n) is 8.27. The molecule has 6 heteroatoms. The van der Waals surface area contributed by atoms with Gasteiger partial charge in [0.25, 0.3) is 5.95 Å². The van der Waals surface area contributed by atoms with Crippen LogP contribution in [0.5, 0.6) is 0 Å². The third kappa shape index (κ3) is 2.65. The van der Waals surface area contributed by atoms with Gasteiger partial charge in [0.2, 0.25) is 5.91 Å². The first-order chi connectivity index (χ1) is 6.63. The van der Waals surface area contributed by atoms with Gasteiger partial charge in [-0.3, -0.25) is 10.1 Å². The molecule has 1 aromatic heterocycles. The first kappa shape index (κ1) is 10.4. The summed E-state index contributed by atoms with van der Waals surface area (Å²) < 4.78 is 0. The predicted octanol–water partition coefficient (Wildman–Crippen LogP) is 0.454. The number of aromatic nitrogens is 4. The molecule has 0 saturated carbocycles. The highest BCUT2D eigenvalue weighted by Gasteiger charge is 2.10. The van der Waals surface area contributed by atoms with Crippen molar-refractivity contribution in [3.8, 4) is 0 Å². The first-order valence-electron chi connectivity index (χ1n) is 4.33. The second kappa shape index (κ2) is 4.50. The molecule has 0 aliphatic heterocycles. The molecule has 1 aromatic rings. The molecule has 1 heterocycles. The maximum absolute atomic E-state index is 11.2. The molecule has 0 radical (unpaired) electrons. The van der Waals surface area contributed by atoms with Crippen molar-refractivity contribution in [2.45, 2.75) is 20.4 Å². The third-order valence-corrected chi connectivity index (χ3v) is 1.50. The predicted molar refractivity (Wildman–Crippen MR) is 51.5 cm³/mol. The van der Waals surface area contributed by atoms with Gasteiger partial charge in [0.05, 0.1) is 6.54 Å². The minimum absolute atomic E-state index is 0.0960. The molecule has 0 fully saturated rings. The van der Waals surface area contributed by atoms with Crippen molar-refractivity contribution >= 4 is 11.9 Å². The molecular weight excluding hydrogens is 182 g/mol. The number of carbonyl (C=O) groups is 1. The number of carbonyl (C=O) groups excluding carboxylic acids is 1. The van der Waals surface area contributed by atoms with Gasteiger partial charge in [0, 0.05) is 5.92 Å². The zero-order valence-corrected chi connectivity index (χ0v) is 8.27. The maximum Gasteiger partial charge on any atom is 0.270 e. The van der Waals surface area contributed by atoms with E-state index in [9.17, 15) is 4.79 Å². The van der Waals surface area contributed by atoms with Crippen molar-refractivity contribution < 1.29 is 4.79 Å². The van der Waals surface area contributed by atoms with Crippen LogP contribution in [0, 0.1) is 5.92 Å². The van der Waals surface area contributed by atoms with Crippen LogP contribution >= 0.6 is 0 Å². The van der Waals surface area contributed by atoms with Gasteiger partial charge in [-0.15, -0.1) is 11.7 Å². The minimum Gasteiger partial charge on any atom is -0.292 e. The fourth-order valence-electron chi connectivity index (χ4n) is 0.741. The number of anilines is 1. The highest BCUT2D eigenvalue weighted by molar-refractivity contribution is 5.90. The standard InChI is InChI=1S/C8H13N5O/c1-4-5-13-11-8(10-12-13)9-7(14)6(2)3/h4,6H,1,5H2,2-3H3,(H,9,11,14). The molecule has 0 spiro atoms. The molecule has 6 nitrogen and oxygen atoms in total. The Kier molecular flexibility index (Phi) is 3.33. The average molecular weight is 195 g/mol. The molecule has 0 aromatic carbocycles. The van der Waals surface area contributed by atoms with Gasteiger partial charge in [-0.25, -0.2) is 0 Å². The summed E-state index contributed by atoms with van der Waals surface area (Å²) in [5.74, 6) is 0.00931. The average Bonchev–Trinajstić information content (AvgIpc) is 2.53. The summed E-state index contributed by atoms with van der Waals surface area (Å²) in [5, 5.41) is 13.8. The number of rotatable bonds is 4. The van der Waals surface area contributed by atoms with Crippen molar-refractivity contribution in [3.63, 3.8) is 0 Å². The van der Waals surface area contributed by atoms with Crippen molar-refractivity contribution in [2.75, 3.05) is 5.32 Å². The Morgan fingerprint density at radius 1 is 1.71 bits per heavy atom. The lowest BCUT2D eigenvalue weighted by molar-refractivity contribution is -0.118. The number of amides is 1. The summed E-state index contributed by atoms with van der Waals surface area (Å²) in [6.45, 7) is 7.61.